The number of hydrogen-bond donors (Lipinski definition) is 0. The van der Waals surface area contributed by atoms with Crippen molar-refractivity contribution in [2.75, 3.05) is 6.61 Å². The summed E-state index contributed by atoms with van der Waals surface area (Å²) in [7, 11) is 0. The van der Waals surface area contributed by atoms with Crippen molar-refractivity contribution in [2.24, 2.45) is 0 Å². The van der Waals surface area contributed by atoms with Gasteiger partial charge in [0.1, 0.15) is 5.82 Å². The van der Waals surface area contributed by atoms with Crippen molar-refractivity contribution in [3.8, 4) is 0 Å². The lowest BCUT2D eigenvalue weighted by Crippen LogP contribution is -2.19. The van der Waals surface area contributed by atoms with E-state index in [9.17, 15) is 4.39 Å². The number of halogens is 1. The molecular weight excluding hydrogens is 231 g/mol. The first-order valence-electron chi connectivity index (χ1n) is 6.58. The molecule has 0 amide bonds. The summed E-state index contributed by atoms with van der Waals surface area (Å²) in [6, 6.07) is 5.15. The normalized spacial score (nSPS) is 20.4. The molecule has 0 bridgehead atoms. The lowest BCUT2D eigenvalue weighted by molar-refractivity contribution is -0.0368. The van der Waals surface area contributed by atoms with Crippen LogP contribution in [0.15, 0.2) is 18.2 Å². The fourth-order valence-corrected chi connectivity index (χ4v) is 2.61. The molecule has 0 radical (unpaired) electrons. The lowest BCUT2D eigenvalue weighted by Gasteiger charge is -2.23. The summed E-state index contributed by atoms with van der Waals surface area (Å²) in [4.78, 5) is 0. The van der Waals surface area contributed by atoms with Gasteiger partial charge in [0.2, 0.25) is 0 Å². The van der Waals surface area contributed by atoms with Crippen LogP contribution in [0.25, 0.3) is 10.9 Å². The predicted molar refractivity (Wildman–Crippen MR) is 67.9 cm³/mol. The molecule has 0 N–H and O–H groups in total. The molecule has 3 nitrogen and oxygen atoms in total. The van der Waals surface area contributed by atoms with E-state index in [0.717, 1.165) is 43.5 Å². The maximum Gasteiger partial charge on any atom is 0.150 e. The van der Waals surface area contributed by atoms with E-state index in [-0.39, 0.29) is 12.0 Å². The zero-order valence-electron chi connectivity index (χ0n) is 10.5. The Morgan fingerprint density at radius 1 is 1.44 bits per heavy atom. The van der Waals surface area contributed by atoms with Gasteiger partial charge in [-0.3, -0.25) is 0 Å². The van der Waals surface area contributed by atoms with Crippen LogP contribution in [0.2, 0.25) is 0 Å². The van der Waals surface area contributed by atoms with Crippen LogP contribution in [0.3, 0.4) is 0 Å². The number of rotatable bonds is 2. The molecule has 18 heavy (non-hydrogen) atoms. The van der Waals surface area contributed by atoms with Gasteiger partial charge in [0.25, 0.3) is 0 Å². The van der Waals surface area contributed by atoms with E-state index in [1.165, 1.54) is 6.07 Å². The van der Waals surface area contributed by atoms with Gasteiger partial charge in [-0.2, -0.15) is 5.10 Å². The molecule has 1 unspecified atom stereocenters. The van der Waals surface area contributed by atoms with Crippen molar-refractivity contribution in [3.05, 3.63) is 29.7 Å². The molecule has 96 valence electrons. The number of benzene rings is 1. The van der Waals surface area contributed by atoms with E-state index in [1.54, 1.807) is 6.07 Å². The molecule has 1 fully saturated rings. The monoisotopic (exact) mass is 248 g/mol. The molecule has 1 aromatic carbocycles. The smallest absolute Gasteiger partial charge is 0.150 e. The van der Waals surface area contributed by atoms with Gasteiger partial charge in [0.15, 0.2) is 6.23 Å². The summed E-state index contributed by atoms with van der Waals surface area (Å²) in [5.41, 5.74) is 1.66. The van der Waals surface area contributed by atoms with E-state index in [1.807, 2.05) is 17.7 Å². The van der Waals surface area contributed by atoms with Gasteiger partial charge in [-0.05, 0) is 37.8 Å². The number of aryl methyl sites for hydroxylation is 1. The SMILES string of the molecule is CCc1nn(C2CCCCO2)c2cccc(F)c12. The van der Waals surface area contributed by atoms with Gasteiger partial charge in [0, 0.05) is 6.61 Å². The number of ether oxygens (including phenoxy) is 1. The number of aromatic nitrogens is 2. The first-order valence-corrected chi connectivity index (χ1v) is 6.58. The van der Waals surface area contributed by atoms with Crippen LogP contribution in [0.4, 0.5) is 4.39 Å². The van der Waals surface area contributed by atoms with Crippen LogP contribution in [-0.2, 0) is 11.2 Å². The van der Waals surface area contributed by atoms with E-state index in [4.69, 9.17) is 4.74 Å². The molecule has 1 aliphatic heterocycles. The highest BCUT2D eigenvalue weighted by Crippen LogP contribution is 2.29. The predicted octanol–water partition coefficient (Wildman–Crippen LogP) is 3.44. The Bertz CT molecular complexity index is 558. The Labute approximate surface area is 106 Å². The molecule has 0 spiro atoms. The van der Waals surface area contributed by atoms with Crippen LogP contribution in [0.5, 0.6) is 0 Å². The highest BCUT2D eigenvalue weighted by Gasteiger charge is 2.21. The highest BCUT2D eigenvalue weighted by molar-refractivity contribution is 5.82. The van der Waals surface area contributed by atoms with Crippen molar-refractivity contribution in [2.45, 2.75) is 38.8 Å². The lowest BCUT2D eigenvalue weighted by atomic mass is 10.1. The zero-order chi connectivity index (χ0) is 12.5. The second kappa shape index (κ2) is 4.69. The first-order chi connectivity index (χ1) is 8.81. The number of nitrogens with zero attached hydrogens (tertiary/aromatic N) is 2. The van der Waals surface area contributed by atoms with Crippen molar-refractivity contribution < 1.29 is 9.13 Å². The highest BCUT2D eigenvalue weighted by atomic mass is 19.1. The van der Waals surface area contributed by atoms with Crippen LogP contribution in [0, 0.1) is 5.82 Å². The number of hydrogen-bond acceptors (Lipinski definition) is 2. The Kier molecular flexibility index (Phi) is 3.04. The third-order valence-corrected chi connectivity index (χ3v) is 3.52. The fraction of sp³-hybridized carbons (Fsp3) is 0.500. The molecule has 1 aromatic heterocycles. The molecule has 0 aliphatic carbocycles. The van der Waals surface area contributed by atoms with E-state index >= 15 is 0 Å². The molecular formula is C14H17FN2O. The minimum atomic E-state index is -0.189. The van der Waals surface area contributed by atoms with Crippen molar-refractivity contribution in [3.63, 3.8) is 0 Å². The Hall–Kier alpha value is -1.42. The molecule has 1 saturated heterocycles. The standard InChI is InChI=1S/C14H17FN2O/c1-2-11-14-10(15)6-5-7-12(14)17(16-11)13-8-3-4-9-18-13/h5-7,13H,2-4,8-9H2,1H3. The molecule has 0 saturated carbocycles. The van der Waals surface area contributed by atoms with Gasteiger partial charge >= 0.3 is 0 Å². The van der Waals surface area contributed by atoms with Crippen LogP contribution in [-0.4, -0.2) is 16.4 Å². The maximum atomic E-state index is 13.9. The largest absolute Gasteiger partial charge is 0.356 e. The summed E-state index contributed by atoms with van der Waals surface area (Å²) in [6.07, 6.45) is 3.89. The van der Waals surface area contributed by atoms with Gasteiger partial charge < -0.3 is 4.74 Å². The summed E-state index contributed by atoms with van der Waals surface area (Å²) in [5, 5.41) is 5.19. The maximum absolute atomic E-state index is 13.9. The van der Waals surface area contributed by atoms with Gasteiger partial charge in [-0.25, -0.2) is 9.07 Å². The van der Waals surface area contributed by atoms with Gasteiger partial charge in [0.05, 0.1) is 16.6 Å². The van der Waals surface area contributed by atoms with E-state index in [2.05, 4.69) is 5.10 Å². The minimum Gasteiger partial charge on any atom is -0.356 e. The minimum absolute atomic E-state index is 0.0386. The zero-order valence-corrected chi connectivity index (χ0v) is 10.5. The Morgan fingerprint density at radius 3 is 3.06 bits per heavy atom. The third-order valence-electron chi connectivity index (χ3n) is 3.52. The second-order valence-electron chi connectivity index (χ2n) is 4.70. The molecule has 4 heteroatoms. The average Bonchev–Trinajstić information content (AvgIpc) is 2.80. The summed E-state index contributed by atoms with van der Waals surface area (Å²) >= 11 is 0. The van der Waals surface area contributed by atoms with Crippen LogP contribution in [0.1, 0.15) is 38.1 Å². The van der Waals surface area contributed by atoms with Crippen molar-refractivity contribution >= 4 is 10.9 Å². The quantitative estimate of drug-likeness (QED) is 0.814. The van der Waals surface area contributed by atoms with Gasteiger partial charge in [-0.1, -0.05) is 13.0 Å². The molecule has 2 aromatic rings. The Balaban J connectivity index is 2.14. The number of fused-ring (bicyclic) bond motifs is 1. The summed E-state index contributed by atoms with van der Waals surface area (Å²) in [6.45, 7) is 2.77. The van der Waals surface area contributed by atoms with Crippen molar-refractivity contribution in [1.29, 1.82) is 0 Å². The Morgan fingerprint density at radius 2 is 2.33 bits per heavy atom. The molecule has 3 rings (SSSR count). The average molecular weight is 248 g/mol. The third kappa shape index (κ3) is 1.81. The summed E-state index contributed by atoms with van der Waals surface area (Å²) < 4.78 is 21.5. The van der Waals surface area contributed by atoms with Gasteiger partial charge in [-0.15, -0.1) is 0 Å². The topological polar surface area (TPSA) is 27.1 Å². The van der Waals surface area contributed by atoms with Crippen molar-refractivity contribution in [1.82, 2.24) is 9.78 Å². The van der Waals surface area contributed by atoms with Crippen LogP contribution >= 0.6 is 0 Å². The van der Waals surface area contributed by atoms with Crippen LogP contribution < -0.4 is 0 Å². The van der Waals surface area contributed by atoms with E-state index < -0.39 is 0 Å². The molecule has 1 aliphatic rings. The fourth-order valence-electron chi connectivity index (χ4n) is 2.61. The second-order valence-corrected chi connectivity index (χ2v) is 4.70. The summed E-state index contributed by atoms with van der Waals surface area (Å²) in [5.74, 6) is -0.189. The first kappa shape index (κ1) is 11.7. The van der Waals surface area contributed by atoms with E-state index in [0.29, 0.717) is 5.39 Å². The molecule has 1 atom stereocenters. The molecule has 2 heterocycles.